The van der Waals surface area contributed by atoms with E-state index in [0.717, 1.165) is 12.1 Å². The number of hydrogen-bond acceptors (Lipinski definition) is 4. The molecule has 0 aromatic heterocycles. The molecule has 2 N–H and O–H groups in total. The van der Waals surface area contributed by atoms with Gasteiger partial charge in [0.15, 0.2) is 0 Å². The smallest absolute Gasteiger partial charge is 0.416 e. The number of carbonyl (C=O) groups excluding carboxylic acids is 2. The van der Waals surface area contributed by atoms with Gasteiger partial charge in [-0.1, -0.05) is 26.0 Å². The van der Waals surface area contributed by atoms with E-state index in [9.17, 15) is 27.9 Å². The topological polar surface area (TPSA) is 75.6 Å². The molecule has 0 bridgehead atoms. The van der Waals surface area contributed by atoms with Crippen LogP contribution in [0.1, 0.15) is 60.2 Å². The molecule has 5 nitrogen and oxygen atoms in total. The lowest BCUT2D eigenvalue weighted by Gasteiger charge is -2.20. The van der Waals surface area contributed by atoms with E-state index in [2.05, 4.69) is 5.32 Å². The maximum Gasteiger partial charge on any atom is 0.416 e. The van der Waals surface area contributed by atoms with Crippen LogP contribution >= 0.6 is 0 Å². The number of esters is 1. The molecule has 2 aromatic rings. The van der Waals surface area contributed by atoms with E-state index in [1.54, 1.807) is 32.9 Å². The third-order valence-corrected chi connectivity index (χ3v) is 4.77. The summed E-state index contributed by atoms with van der Waals surface area (Å²) in [4.78, 5) is 23.6. The number of hydrogen-bond donors (Lipinski definition) is 2. The van der Waals surface area contributed by atoms with E-state index in [1.807, 2.05) is 0 Å². The van der Waals surface area contributed by atoms with Crippen molar-refractivity contribution in [2.75, 3.05) is 13.2 Å². The molecular weight excluding hydrogens is 411 g/mol. The lowest BCUT2D eigenvalue weighted by atomic mass is 9.88. The van der Waals surface area contributed by atoms with Crippen LogP contribution in [0.4, 0.5) is 13.2 Å². The third-order valence-electron chi connectivity index (χ3n) is 4.77. The third kappa shape index (κ3) is 6.30. The summed E-state index contributed by atoms with van der Waals surface area (Å²) in [6.07, 6.45) is -4.48. The zero-order valence-corrected chi connectivity index (χ0v) is 17.7. The summed E-state index contributed by atoms with van der Waals surface area (Å²) in [6, 6.07) is 8.16. The lowest BCUT2D eigenvalue weighted by Crippen LogP contribution is -2.26. The van der Waals surface area contributed by atoms with E-state index >= 15 is 0 Å². The van der Waals surface area contributed by atoms with E-state index < -0.39 is 30.2 Å². The van der Waals surface area contributed by atoms with E-state index in [1.165, 1.54) is 12.1 Å². The SMILES string of the molecule is CCOC(=O)CCNC(=O)c1ccc(-c2cc(C(F)(F)F)cc(C(C)C)c2CO)cc1. The summed E-state index contributed by atoms with van der Waals surface area (Å²) in [5, 5.41) is 12.4. The second-order valence-corrected chi connectivity index (χ2v) is 7.29. The minimum absolute atomic E-state index is 0.0414. The van der Waals surface area contributed by atoms with Crippen molar-refractivity contribution in [1.82, 2.24) is 5.32 Å². The van der Waals surface area contributed by atoms with Crippen molar-refractivity contribution >= 4 is 11.9 Å². The monoisotopic (exact) mass is 437 g/mol. The minimum Gasteiger partial charge on any atom is -0.466 e. The fourth-order valence-electron chi connectivity index (χ4n) is 3.22. The Balaban J connectivity index is 2.30. The van der Waals surface area contributed by atoms with Crippen molar-refractivity contribution in [2.24, 2.45) is 0 Å². The Morgan fingerprint density at radius 3 is 2.29 bits per heavy atom. The molecule has 8 heteroatoms. The minimum atomic E-state index is -4.52. The molecule has 168 valence electrons. The number of alkyl halides is 3. The molecule has 2 aromatic carbocycles. The van der Waals surface area contributed by atoms with Gasteiger partial charge in [0, 0.05) is 12.1 Å². The molecule has 0 aliphatic rings. The number of aliphatic hydroxyl groups excluding tert-OH is 1. The number of benzene rings is 2. The number of carbonyl (C=O) groups is 2. The highest BCUT2D eigenvalue weighted by Gasteiger charge is 2.32. The summed E-state index contributed by atoms with van der Waals surface area (Å²) >= 11 is 0. The number of nitrogens with one attached hydrogen (secondary N) is 1. The van der Waals surface area contributed by atoms with Crippen LogP contribution in [0.3, 0.4) is 0 Å². The van der Waals surface area contributed by atoms with Gasteiger partial charge in [0.2, 0.25) is 0 Å². The molecule has 0 spiro atoms. The maximum atomic E-state index is 13.4. The fourth-order valence-corrected chi connectivity index (χ4v) is 3.22. The Morgan fingerprint density at radius 2 is 1.77 bits per heavy atom. The molecule has 1 amide bonds. The van der Waals surface area contributed by atoms with Crippen LogP contribution in [-0.2, 0) is 22.3 Å². The maximum absolute atomic E-state index is 13.4. The second kappa shape index (κ2) is 10.4. The number of amides is 1. The standard InChI is InChI=1S/C23H26F3NO4/c1-4-31-21(29)9-10-27-22(30)16-7-5-15(6-8-16)19-12-17(23(24,25)26)11-18(14(2)3)20(19)13-28/h5-8,11-12,14,28H,4,9-10,13H2,1-3H3,(H,27,30). The van der Waals surface area contributed by atoms with Gasteiger partial charge in [-0.05, 0) is 59.4 Å². The Hall–Kier alpha value is -2.87. The zero-order valence-electron chi connectivity index (χ0n) is 17.7. The molecule has 0 fully saturated rings. The van der Waals surface area contributed by atoms with Crippen molar-refractivity contribution in [2.45, 2.75) is 45.9 Å². The molecule has 0 aliphatic heterocycles. The Morgan fingerprint density at radius 1 is 1.13 bits per heavy atom. The van der Waals surface area contributed by atoms with Gasteiger partial charge in [-0.15, -0.1) is 0 Å². The highest BCUT2D eigenvalue weighted by molar-refractivity contribution is 5.95. The molecule has 0 aliphatic carbocycles. The van der Waals surface area contributed by atoms with Crippen LogP contribution in [0.5, 0.6) is 0 Å². The van der Waals surface area contributed by atoms with Crippen LogP contribution < -0.4 is 5.32 Å². The van der Waals surface area contributed by atoms with Crippen LogP contribution in [0, 0.1) is 0 Å². The van der Waals surface area contributed by atoms with Gasteiger partial charge in [-0.3, -0.25) is 9.59 Å². The molecule has 0 radical (unpaired) electrons. The average Bonchev–Trinajstić information content (AvgIpc) is 2.72. The van der Waals surface area contributed by atoms with Crippen LogP contribution in [0.25, 0.3) is 11.1 Å². The summed E-state index contributed by atoms with van der Waals surface area (Å²) in [7, 11) is 0. The molecule has 2 rings (SSSR count). The molecule has 0 atom stereocenters. The summed E-state index contributed by atoms with van der Waals surface area (Å²) in [6.45, 7) is 5.19. The molecule has 0 saturated heterocycles. The van der Waals surface area contributed by atoms with Gasteiger partial charge in [-0.2, -0.15) is 13.2 Å². The van der Waals surface area contributed by atoms with Gasteiger partial charge in [0.1, 0.15) is 0 Å². The lowest BCUT2D eigenvalue weighted by molar-refractivity contribution is -0.143. The summed E-state index contributed by atoms with van der Waals surface area (Å²) < 4.78 is 45.0. The Bertz CT molecular complexity index is 922. The van der Waals surface area contributed by atoms with Gasteiger partial charge in [0.05, 0.1) is 25.2 Å². The average molecular weight is 437 g/mol. The van der Waals surface area contributed by atoms with Crippen molar-refractivity contribution in [3.05, 3.63) is 58.7 Å². The quantitative estimate of drug-likeness (QED) is 0.589. The van der Waals surface area contributed by atoms with Crippen LogP contribution in [0.2, 0.25) is 0 Å². The highest BCUT2D eigenvalue weighted by atomic mass is 19.4. The predicted octanol–water partition coefficient (Wildman–Crippen LogP) is 4.67. The first-order valence-electron chi connectivity index (χ1n) is 9.97. The highest BCUT2D eigenvalue weighted by Crippen LogP contribution is 2.38. The van der Waals surface area contributed by atoms with Gasteiger partial charge in [0.25, 0.3) is 5.91 Å². The van der Waals surface area contributed by atoms with Gasteiger partial charge >= 0.3 is 12.1 Å². The first-order chi connectivity index (χ1) is 14.6. The van der Waals surface area contributed by atoms with E-state index in [4.69, 9.17) is 4.74 Å². The predicted molar refractivity (Wildman–Crippen MR) is 110 cm³/mol. The molecule has 0 saturated carbocycles. The van der Waals surface area contributed by atoms with Crippen molar-refractivity contribution < 1.29 is 32.6 Å². The number of rotatable bonds is 8. The Labute approximate surface area is 179 Å². The van der Waals surface area contributed by atoms with Crippen molar-refractivity contribution in [3.63, 3.8) is 0 Å². The molecular formula is C23H26F3NO4. The summed E-state index contributed by atoms with van der Waals surface area (Å²) in [5.41, 5.74) is 1.09. The van der Waals surface area contributed by atoms with E-state index in [-0.39, 0.29) is 31.1 Å². The molecule has 0 heterocycles. The Kier molecular flexibility index (Phi) is 8.21. The zero-order chi connectivity index (χ0) is 23.2. The van der Waals surface area contributed by atoms with E-state index in [0.29, 0.717) is 22.3 Å². The number of ether oxygens (including phenoxy) is 1. The van der Waals surface area contributed by atoms with Crippen LogP contribution in [-0.4, -0.2) is 30.1 Å². The largest absolute Gasteiger partial charge is 0.466 e. The van der Waals surface area contributed by atoms with Gasteiger partial charge < -0.3 is 15.2 Å². The van der Waals surface area contributed by atoms with Gasteiger partial charge in [-0.25, -0.2) is 0 Å². The fraction of sp³-hybridized carbons (Fsp3) is 0.391. The second-order valence-electron chi connectivity index (χ2n) is 7.29. The molecule has 31 heavy (non-hydrogen) atoms. The van der Waals surface area contributed by atoms with Crippen molar-refractivity contribution in [3.8, 4) is 11.1 Å². The first-order valence-corrected chi connectivity index (χ1v) is 9.97. The normalized spacial score (nSPS) is 11.5. The molecule has 0 unspecified atom stereocenters. The number of halogens is 3. The number of aliphatic hydroxyl groups is 1. The summed E-state index contributed by atoms with van der Waals surface area (Å²) in [5.74, 6) is -1.04. The van der Waals surface area contributed by atoms with Crippen LogP contribution in [0.15, 0.2) is 36.4 Å². The van der Waals surface area contributed by atoms with Crippen molar-refractivity contribution in [1.29, 1.82) is 0 Å². The first kappa shape index (κ1) is 24.4.